The third-order valence-corrected chi connectivity index (χ3v) is 3.91. The van der Waals surface area contributed by atoms with Crippen LogP contribution in [-0.4, -0.2) is 39.5 Å². The van der Waals surface area contributed by atoms with E-state index in [0.717, 1.165) is 0 Å². The van der Waals surface area contributed by atoms with Gasteiger partial charge in [-0.05, 0) is 38.8 Å². The van der Waals surface area contributed by atoms with Crippen molar-refractivity contribution in [3.63, 3.8) is 0 Å². The first-order valence-electron chi connectivity index (χ1n) is 6.85. The zero-order chi connectivity index (χ0) is 15.6. The molecule has 1 fully saturated rings. The lowest BCUT2D eigenvalue weighted by Crippen LogP contribution is -2.46. The van der Waals surface area contributed by atoms with E-state index < -0.39 is 5.97 Å². The fourth-order valence-electron chi connectivity index (χ4n) is 2.64. The van der Waals surface area contributed by atoms with Gasteiger partial charge in [-0.2, -0.15) is 5.26 Å². The summed E-state index contributed by atoms with van der Waals surface area (Å²) in [6.45, 7) is 3.95. The second-order valence-corrected chi connectivity index (χ2v) is 5.35. The van der Waals surface area contributed by atoms with Crippen LogP contribution < -0.4 is 0 Å². The van der Waals surface area contributed by atoms with Crippen molar-refractivity contribution in [3.8, 4) is 6.07 Å². The smallest absolute Gasteiger partial charge is 0.306 e. The zero-order valence-corrected chi connectivity index (χ0v) is 12.0. The van der Waals surface area contributed by atoms with Crippen LogP contribution in [0.3, 0.4) is 0 Å². The summed E-state index contributed by atoms with van der Waals surface area (Å²) < 4.78 is 0. The Morgan fingerprint density at radius 1 is 1.48 bits per heavy atom. The first kappa shape index (κ1) is 15.0. The van der Waals surface area contributed by atoms with Gasteiger partial charge in [0.25, 0.3) is 5.91 Å². The van der Waals surface area contributed by atoms with E-state index in [-0.39, 0.29) is 17.9 Å². The highest BCUT2D eigenvalue weighted by Crippen LogP contribution is 2.24. The van der Waals surface area contributed by atoms with Crippen molar-refractivity contribution in [2.24, 2.45) is 5.92 Å². The molecule has 1 N–H and O–H groups in total. The Labute approximate surface area is 123 Å². The van der Waals surface area contributed by atoms with E-state index in [9.17, 15) is 9.59 Å². The van der Waals surface area contributed by atoms with E-state index in [1.807, 2.05) is 13.0 Å². The van der Waals surface area contributed by atoms with Crippen molar-refractivity contribution >= 4 is 11.9 Å². The number of carboxylic acids is 1. The van der Waals surface area contributed by atoms with E-state index in [2.05, 4.69) is 4.98 Å². The molecule has 1 aliphatic heterocycles. The number of aliphatic carboxylic acids is 1. The Hall–Kier alpha value is -2.42. The number of aromatic nitrogens is 1. The predicted octanol–water partition coefficient (Wildman–Crippen LogP) is 1.59. The van der Waals surface area contributed by atoms with Gasteiger partial charge < -0.3 is 10.0 Å². The molecule has 2 heterocycles. The summed E-state index contributed by atoms with van der Waals surface area (Å²) in [5.41, 5.74) is 1.27. The number of piperidine rings is 1. The highest BCUT2D eigenvalue weighted by molar-refractivity contribution is 5.92. The summed E-state index contributed by atoms with van der Waals surface area (Å²) in [6.07, 6.45) is 0.914. The quantitative estimate of drug-likeness (QED) is 0.891. The molecule has 0 radical (unpaired) electrons. The molecule has 6 nitrogen and oxygen atoms in total. The minimum atomic E-state index is -0.804. The van der Waals surface area contributed by atoms with E-state index in [4.69, 9.17) is 10.4 Å². The molecule has 6 heteroatoms. The Bertz CT molecular complexity index is 621. The Balaban J connectivity index is 2.16. The molecular formula is C15H17N3O3. The fourth-order valence-corrected chi connectivity index (χ4v) is 2.64. The van der Waals surface area contributed by atoms with Gasteiger partial charge >= 0.3 is 5.97 Å². The van der Waals surface area contributed by atoms with Crippen molar-refractivity contribution in [3.05, 3.63) is 29.1 Å². The van der Waals surface area contributed by atoms with E-state index in [1.54, 1.807) is 24.0 Å². The number of amides is 1. The molecule has 110 valence electrons. The van der Waals surface area contributed by atoms with Gasteiger partial charge in [-0.1, -0.05) is 0 Å². The molecule has 2 unspecified atom stereocenters. The first-order chi connectivity index (χ1) is 9.93. The molecule has 1 amide bonds. The van der Waals surface area contributed by atoms with Crippen LogP contribution in [0.1, 0.15) is 41.5 Å². The van der Waals surface area contributed by atoms with Crippen molar-refractivity contribution in [2.75, 3.05) is 6.54 Å². The topological polar surface area (TPSA) is 94.3 Å². The molecule has 0 aliphatic carbocycles. The second-order valence-electron chi connectivity index (χ2n) is 5.35. The van der Waals surface area contributed by atoms with Crippen LogP contribution in [0.2, 0.25) is 0 Å². The van der Waals surface area contributed by atoms with Gasteiger partial charge in [-0.25, -0.2) is 4.98 Å². The van der Waals surface area contributed by atoms with Gasteiger partial charge in [-0.3, -0.25) is 9.59 Å². The summed E-state index contributed by atoms with van der Waals surface area (Å²) in [7, 11) is 0. The largest absolute Gasteiger partial charge is 0.481 e. The van der Waals surface area contributed by atoms with Crippen LogP contribution in [0.5, 0.6) is 0 Å². The van der Waals surface area contributed by atoms with Crippen LogP contribution in [0, 0.1) is 24.2 Å². The molecule has 0 spiro atoms. The lowest BCUT2D eigenvalue weighted by Gasteiger charge is -2.36. The fraction of sp³-hybridized carbons (Fsp3) is 0.467. The van der Waals surface area contributed by atoms with E-state index >= 15 is 0 Å². The molecule has 1 aliphatic rings. The van der Waals surface area contributed by atoms with Crippen LogP contribution in [-0.2, 0) is 4.79 Å². The number of carbonyl (C=O) groups is 2. The zero-order valence-electron chi connectivity index (χ0n) is 12.0. The molecule has 21 heavy (non-hydrogen) atoms. The lowest BCUT2D eigenvalue weighted by molar-refractivity contribution is -0.143. The lowest BCUT2D eigenvalue weighted by atomic mass is 9.91. The van der Waals surface area contributed by atoms with Crippen LogP contribution in [0.15, 0.2) is 12.1 Å². The van der Waals surface area contributed by atoms with Crippen molar-refractivity contribution in [1.82, 2.24) is 9.88 Å². The van der Waals surface area contributed by atoms with Gasteiger partial charge in [0.1, 0.15) is 11.8 Å². The number of aryl methyl sites for hydroxylation is 1. The van der Waals surface area contributed by atoms with E-state index in [0.29, 0.717) is 36.3 Å². The number of hydrogen-bond acceptors (Lipinski definition) is 4. The van der Waals surface area contributed by atoms with Gasteiger partial charge in [0.15, 0.2) is 0 Å². The Kier molecular flexibility index (Phi) is 4.22. The van der Waals surface area contributed by atoms with Crippen molar-refractivity contribution in [1.29, 1.82) is 5.26 Å². The minimum Gasteiger partial charge on any atom is -0.481 e. The highest BCUT2D eigenvalue weighted by Gasteiger charge is 2.33. The summed E-state index contributed by atoms with van der Waals surface area (Å²) in [5.74, 6) is -1.40. The molecule has 1 aromatic heterocycles. The summed E-state index contributed by atoms with van der Waals surface area (Å²) in [5, 5.41) is 17.9. The summed E-state index contributed by atoms with van der Waals surface area (Å²) >= 11 is 0. The van der Waals surface area contributed by atoms with Crippen molar-refractivity contribution in [2.45, 2.75) is 32.7 Å². The first-order valence-corrected chi connectivity index (χ1v) is 6.85. The number of nitriles is 1. The summed E-state index contributed by atoms with van der Waals surface area (Å²) in [4.78, 5) is 29.3. The Morgan fingerprint density at radius 2 is 2.19 bits per heavy atom. The average molecular weight is 287 g/mol. The normalized spacial score (nSPS) is 21.7. The summed E-state index contributed by atoms with van der Waals surface area (Å²) in [6, 6.07) is 5.01. The molecular weight excluding hydrogens is 270 g/mol. The maximum absolute atomic E-state index is 12.5. The number of rotatable bonds is 2. The third-order valence-electron chi connectivity index (χ3n) is 3.91. The molecule has 0 saturated carbocycles. The Morgan fingerprint density at radius 3 is 2.71 bits per heavy atom. The monoisotopic (exact) mass is 287 g/mol. The van der Waals surface area contributed by atoms with Gasteiger partial charge in [-0.15, -0.1) is 0 Å². The molecule has 2 rings (SSSR count). The second kappa shape index (κ2) is 5.92. The van der Waals surface area contributed by atoms with Gasteiger partial charge in [0.05, 0.1) is 17.2 Å². The SMILES string of the molecule is Cc1nc(C(=O)N2CCC(C(=O)O)CC2C)ccc1C#N. The predicted molar refractivity (Wildman–Crippen MR) is 74.5 cm³/mol. The van der Waals surface area contributed by atoms with Crippen LogP contribution in [0.4, 0.5) is 0 Å². The molecule has 1 saturated heterocycles. The van der Waals surface area contributed by atoms with Gasteiger partial charge in [0.2, 0.25) is 0 Å². The molecule has 0 bridgehead atoms. The third kappa shape index (κ3) is 3.02. The minimum absolute atomic E-state index is 0.134. The van der Waals surface area contributed by atoms with Crippen LogP contribution in [0.25, 0.3) is 0 Å². The highest BCUT2D eigenvalue weighted by atomic mass is 16.4. The maximum Gasteiger partial charge on any atom is 0.306 e. The number of nitrogens with zero attached hydrogens (tertiary/aromatic N) is 3. The van der Waals surface area contributed by atoms with Gasteiger partial charge in [0, 0.05) is 12.6 Å². The van der Waals surface area contributed by atoms with E-state index in [1.165, 1.54) is 0 Å². The number of pyridine rings is 1. The molecule has 0 aromatic carbocycles. The molecule has 2 atom stereocenters. The maximum atomic E-state index is 12.5. The standard InChI is InChI=1S/C15H17N3O3/c1-9-7-11(15(20)21)5-6-18(9)14(19)13-4-3-12(8-16)10(2)17-13/h3-4,9,11H,5-7H2,1-2H3,(H,20,21). The average Bonchev–Trinajstić information content (AvgIpc) is 2.46. The number of likely N-dealkylation sites (tertiary alicyclic amines) is 1. The molecule has 1 aromatic rings. The number of hydrogen-bond donors (Lipinski definition) is 1. The van der Waals surface area contributed by atoms with Crippen LogP contribution >= 0.6 is 0 Å². The van der Waals surface area contributed by atoms with Crippen molar-refractivity contribution < 1.29 is 14.7 Å². The number of carboxylic acid groups (broad SMARTS) is 1. The number of carbonyl (C=O) groups excluding carboxylic acids is 1.